The van der Waals surface area contributed by atoms with E-state index in [1.54, 1.807) is 37.7 Å². The molecule has 2 aliphatic heterocycles. The Hall–Kier alpha value is -5.52. The summed E-state index contributed by atoms with van der Waals surface area (Å²) in [5.74, 6) is -0.836. The van der Waals surface area contributed by atoms with Crippen molar-refractivity contribution in [2.24, 2.45) is 0 Å². The molecule has 0 saturated carbocycles. The van der Waals surface area contributed by atoms with Gasteiger partial charge in [-0.25, -0.2) is 8.78 Å². The number of hydrogen-bond acceptors (Lipinski definition) is 11. The molecule has 0 bridgehead atoms. The highest BCUT2D eigenvalue weighted by Gasteiger charge is 2.41. The first kappa shape index (κ1) is 50.4. The van der Waals surface area contributed by atoms with Gasteiger partial charge in [-0.3, -0.25) is 29.4 Å². The molecule has 2 aromatic heterocycles. The van der Waals surface area contributed by atoms with E-state index in [9.17, 15) is 18.4 Å². The summed E-state index contributed by atoms with van der Waals surface area (Å²) in [4.78, 5) is 43.3. The summed E-state index contributed by atoms with van der Waals surface area (Å²) in [5, 5.41) is 9.80. The number of methoxy groups -OCH3 is 1. The second-order valence-corrected chi connectivity index (χ2v) is 18.6. The largest absolute Gasteiger partial charge is 0.383 e. The molecule has 0 unspecified atom stereocenters. The van der Waals surface area contributed by atoms with E-state index in [4.69, 9.17) is 19.2 Å². The highest BCUT2D eigenvalue weighted by atomic mass is 19.1. The number of fused-ring (bicyclic) bond motifs is 1. The number of nitrogens with zero attached hydrogens (tertiary/aromatic N) is 5. The predicted octanol–water partition coefficient (Wildman–Crippen LogP) is 6.25. The molecule has 3 atom stereocenters. The summed E-state index contributed by atoms with van der Waals surface area (Å²) in [5.41, 5.74) is 7.62. The summed E-state index contributed by atoms with van der Waals surface area (Å²) in [6.07, 6.45) is 4.32. The number of halogens is 2. The number of aromatic nitrogens is 2. The number of anilines is 2. The van der Waals surface area contributed by atoms with Crippen molar-refractivity contribution < 1.29 is 32.6 Å². The first-order valence-electron chi connectivity index (χ1n) is 23.5. The van der Waals surface area contributed by atoms with Gasteiger partial charge in [0.05, 0.1) is 62.7 Å². The van der Waals surface area contributed by atoms with Gasteiger partial charge in [0.15, 0.2) is 0 Å². The van der Waals surface area contributed by atoms with Crippen LogP contribution in [0.1, 0.15) is 48.8 Å². The topological polar surface area (TPSA) is 133 Å². The maximum absolute atomic E-state index is 14.1. The first-order chi connectivity index (χ1) is 32.8. The van der Waals surface area contributed by atoms with Crippen molar-refractivity contribution in [2.75, 3.05) is 96.7 Å². The summed E-state index contributed by atoms with van der Waals surface area (Å²) >= 11 is 0. The normalized spacial score (nSPS) is 17.3. The third-order valence-electron chi connectivity index (χ3n) is 12.5. The molecule has 0 aliphatic carbocycles. The van der Waals surface area contributed by atoms with Gasteiger partial charge in [-0.15, -0.1) is 0 Å². The molecular formula is C53H66F2N8O5. The van der Waals surface area contributed by atoms with Gasteiger partial charge >= 0.3 is 0 Å². The second kappa shape index (κ2) is 24.2. The summed E-state index contributed by atoms with van der Waals surface area (Å²) in [6, 6.07) is 26.2. The number of nitrogens with one attached hydrogen (secondary N) is 3. The zero-order valence-electron chi connectivity index (χ0n) is 40.0. The number of ether oxygens (including phenoxy) is 3. The van der Waals surface area contributed by atoms with Crippen molar-refractivity contribution in [1.82, 2.24) is 30.4 Å². The Morgan fingerprint density at radius 2 is 1.65 bits per heavy atom. The Kier molecular flexibility index (Phi) is 17.9. The minimum absolute atomic E-state index is 0.0388. The number of piperazine rings is 1. The minimum Gasteiger partial charge on any atom is -0.383 e. The van der Waals surface area contributed by atoms with Crippen LogP contribution in [0.25, 0.3) is 11.1 Å². The van der Waals surface area contributed by atoms with Crippen molar-refractivity contribution in [3.8, 4) is 11.1 Å². The van der Waals surface area contributed by atoms with Crippen LogP contribution in [0.3, 0.4) is 0 Å². The van der Waals surface area contributed by atoms with Gasteiger partial charge in [0.25, 0.3) is 0 Å². The van der Waals surface area contributed by atoms with E-state index < -0.39 is 6.04 Å². The van der Waals surface area contributed by atoms with Gasteiger partial charge in [0, 0.05) is 82.0 Å². The van der Waals surface area contributed by atoms with Gasteiger partial charge in [-0.2, -0.15) is 0 Å². The summed E-state index contributed by atoms with van der Waals surface area (Å²) in [7, 11) is 3.72. The van der Waals surface area contributed by atoms with Crippen molar-refractivity contribution >= 4 is 23.2 Å². The number of hydrogen-bond donors (Lipinski definition) is 3. The number of likely N-dealkylation sites (N-methyl/N-ethyl adjacent to an activating group) is 1. The second-order valence-electron chi connectivity index (χ2n) is 18.6. The molecule has 0 spiro atoms. The minimum atomic E-state index is -0.628. The maximum Gasteiger partial charge on any atom is 0.241 e. The molecule has 7 rings (SSSR count). The number of pyridine rings is 2. The fraction of sp³-hybridized carbons (Fsp3) is 0.434. The highest BCUT2D eigenvalue weighted by molar-refractivity contribution is 5.97. The van der Waals surface area contributed by atoms with Gasteiger partial charge < -0.3 is 35.1 Å². The highest BCUT2D eigenvalue weighted by Crippen LogP contribution is 2.41. The lowest BCUT2D eigenvalue weighted by atomic mass is 9.90. The Balaban J connectivity index is 0.899. The van der Waals surface area contributed by atoms with E-state index in [0.29, 0.717) is 83.3 Å². The van der Waals surface area contributed by atoms with E-state index in [0.717, 1.165) is 52.4 Å². The molecule has 0 radical (unpaired) electrons. The van der Waals surface area contributed by atoms with Crippen LogP contribution in [-0.2, 0) is 48.6 Å². The molecule has 2 amide bonds. The third kappa shape index (κ3) is 14.0. The van der Waals surface area contributed by atoms with Gasteiger partial charge in [-0.05, 0) is 109 Å². The average Bonchev–Trinajstić information content (AvgIpc) is 3.59. The van der Waals surface area contributed by atoms with Crippen LogP contribution in [0.4, 0.5) is 20.2 Å². The van der Waals surface area contributed by atoms with Crippen molar-refractivity contribution in [3.63, 3.8) is 0 Å². The number of carbonyl (C=O) groups is 2. The molecular weight excluding hydrogens is 867 g/mol. The molecule has 1 saturated heterocycles. The predicted molar refractivity (Wildman–Crippen MR) is 262 cm³/mol. The molecule has 4 heterocycles. The number of amides is 2. The van der Waals surface area contributed by atoms with Crippen LogP contribution >= 0.6 is 0 Å². The van der Waals surface area contributed by atoms with E-state index in [1.165, 1.54) is 24.3 Å². The quantitative estimate of drug-likeness (QED) is 0.0643. The molecule has 15 heteroatoms. The van der Waals surface area contributed by atoms with Crippen LogP contribution in [0.15, 0.2) is 103 Å². The average molecular weight is 933 g/mol. The lowest BCUT2D eigenvalue weighted by Gasteiger charge is -2.39. The lowest BCUT2D eigenvalue weighted by molar-refractivity contribution is -0.121. The number of benzene rings is 3. The zero-order chi connectivity index (χ0) is 48.0. The smallest absolute Gasteiger partial charge is 0.241 e. The fourth-order valence-electron chi connectivity index (χ4n) is 8.88. The lowest BCUT2D eigenvalue weighted by Crippen LogP contribution is -2.59. The first-order valence-corrected chi connectivity index (χ1v) is 23.5. The molecule has 68 heavy (non-hydrogen) atoms. The monoisotopic (exact) mass is 933 g/mol. The molecule has 362 valence electrons. The molecule has 5 aromatic rings. The fourth-order valence-corrected chi connectivity index (χ4v) is 8.88. The van der Waals surface area contributed by atoms with Crippen LogP contribution in [0, 0.1) is 11.6 Å². The molecule has 2 aliphatic rings. The van der Waals surface area contributed by atoms with Gasteiger partial charge in [0.1, 0.15) is 11.6 Å². The maximum atomic E-state index is 14.1. The molecule has 3 aromatic carbocycles. The van der Waals surface area contributed by atoms with E-state index in [1.807, 2.05) is 54.4 Å². The molecule has 1 fully saturated rings. The Morgan fingerprint density at radius 1 is 0.912 bits per heavy atom. The summed E-state index contributed by atoms with van der Waals surface area (Å²) in [6.45, 7) is 12.5. The third-order valence-corrected chi connectivity index (χ3v) is 12.5. The molecule has 3 N–H and O–H groups in total. The van der Waals surface area contributed by atoms with Gasteiger partial charge in [-0.1, -0.05) is 50.2 Å². The van der Waals surface area contributed by atoms with E-state index >= 15 is 0 Å². The van der Waals surface area contributed by atoms with Gasteiger partial charge in [0.2, 0.25) is 11.8 Å². The van der Waals surface area contributed by atoms with E-state index in [2.05, 4.69) is 57.6 Å². The van der Waals surface area contributed by atoms with Crippen molar-refractivity contribution in [2.45, 2.75) is 63.7 Å². The van der Waals surface area contributed by atoms with Crippen LogP contribution in [0.5, 0.6) is 0 Å². The van der Waals surface area contributed by atoms with E-state index in [-0.39, 0.29) is 47.5 Å². The number of rotatable bonds is 23. The molecule has 13 nitrogen and oxygen atoms in total. The Bertz CT molecular complexity index is 2410. The Labute approximate surface area is 399 Å². The number of carbonyl (C=O) groups excluding carboxylic acids is 2. The summed E-state index contributed by atoms with van der Waals surface area (Å²) < 4.78 is 45.3. The van der Waals surface area contributed by atoms with Crippen LogP contribution in [0.2, 0.25) is 0 Å². The van der Waals surface area contributed by atoms with Crippen molar-refractivity contribution in [3.05, 3.63) is 143 Å². The zero-order valence-corrected chi connectivity index (χ0v) is 40.0. The SMILES string of the molecule is COC[C@H]1CN[C@H](C)CN1CC(=O)N1CC(C)(C)c2nc(CN(C)CCOCCOCCN[C@H](Cc3cccc(F)c3)C(=O)Nc3ccc(-c4ccncc4)cc3)c(Cc3ccc(F)cc3)cc21. The Morgan fingerprint density at radius 3 is 2.38 bits per heavy atom. The van der Waals surface area contributed by atoms with Crippen LogP contribution < -0.4 is 20.9 Å². The van der Waals surface area contributed by atoms with Crippen LogP contribution in [-0.4, -0.2) is 136 Å². The standard InChI is InChI=1S/C53H66F2N8O5/c1-37-32-62(46(31-58-37)35-66-5)34-50(64)63-36-53(2,3)51-49(63)30-42(27-38-9-13-43(54)14-10-38)48(60-51)33-61(4)22-24-68-26-25-67-23-21-57-47(29-39-7-6-8-44(55)28-39)52(65)59-45-15-11-40(12-16-45)41-17-19-56-20-18-41/h6-20,28,30,37,46-47,57-58H,21-27,29,31-36H2,1-5H3,(H,59,65)/t37-,46-,47-/m1/s1. The van der Waals surface area contributed by atoms with Crippen molar-refractivity contribution in [1.29, 1.82) is 0 Å².